The Balaban J connectivity index is 2.11. The molecule has 0 saturated heterocycles. The molecule has 0 bridgehead atoms. The molecule has 1 unspecified atom stereocenters. The third-order valence-electron chi connectivity index (χ3n) is 3.86. The Morgan fingerprint density at radius 2 is 1.40 bits per heavy atom. The zero-order chi connectivity index (χ0) is 22.5. The number of carbonyl (C=O) groups excluding carboxylic acids is 2. The second kappa shape index (κ2) is 9.32. The van der Waals surface area contributed by atoms with E-state index in [0.717, 1.165) is 31.2 Å². The fourth-order valence-electron chi connectivity index (χ4n) is 2.39. The molecule has 3 N–H and O–H groups in total. The fourth-order valence-corrected chi connectivity index (χ4v) is 4.66. The van der Waals surface area contributed by atoms with Gasteiger partial charge in [-0.1, -0.05) is 6.92 Å². The lowest BCUT2D eigenvalue weighted by molar-refractivity contribution is -0.118. The SMILES string of the molecule is CCC(NS(=O)(=O)c1ccc(F)cc1)C(=O)Nc1ccc(S(=O)(=O)NC(C)=O)cc1. The molecule has 30 heavy (non-hydrogen) atoms. The predicted molar refractivity (Wildman–Crippen MR) is 107 cm³/mol. The van der Waals surface area contributed by atoms with Gasteiger partial charge in [0.05, 0.1) is 9.79 Å². The van der Waals surface area contributed by atoms with Gasteiger partial charge >= 0.3 is 0 Å². The lowest BCUT2D eigenvalue weighted by Crippen LogP contribution is -2.43. The number of rotatable bonds is 8. The van der Waals surface area contributed by atoms with E-state index in [4.69, 9.17) is 0 Å². The number of nitrogens with one attached hydrogen (secondary N) is 3. The van der Waals surface area contributed by atoms with Crippen molar-refractivity contribution >= 4 is 37.5 Å². The largest absolute Gasteiger partial charge is 0.325 e. The molecule has 0 fully saturated rings. The van der Waals surface area contributed by atoms with Crippen LogP contribution in [0.2, 0.25) is 0 Å². The van der Waals surface area contributed by atoms with Gasteiger partial charge in [-0.05, 0) is 55.0 Å². The van der Waals surface area contributed by atoms with E-state index in [0.29, 0.717) is 0 Å². The van der Waals surface area contributed by atoms with Crippen LogP contribution in [0.25, 0.3) is 0 Å². The van der Waals surface area contributed by atoms with Crippen molar-refractivity contribution in [3.05, 3.63) is 54.3 Å². The molecule has 0 aliphatic heterocycles. The standard InChI is InChI=1S/C18H20FN3O6S2/c1-3-17(22-30(27,28)15-8-4-13(19)5-9-15)18(24)20-14-6-10-16(11-7-14)29(25,26)21-12(2)23/h4-11,17,22H,3H2,1-2H3,(H,20,24)(H,21,23). The van der Waals surface area contributed by atoms with E-state index < -0.39 is 43.7 Å². The Labute approximate surface area is 173 Å². The first-order valence-electron chi connectivity index (χ1n) is 8.67. The molecule has 0 aliphatic carbocycles. The minimum absolute atomic E-state index is 0.126. The summed E-state index contributed by atoms with van der Waals surface area (Å²) in [5.41, 5.74) is 0.223. The molecule has 2 aromatic carbocycles. The van der Waals surface area contributed by atoms with Gasteiger partial charge in [-0.2, -0.15) is 4.72 Å². The maximum absolute atomic E-state index is 13.0. The molecule has 2 amide bonds. The average molecular weight is 458 g/mol. The van der Waals surface area contributed by atoms with Crippen LogP contribution in [0, 0.1) is 5.82 Å². The van der Waals surface area contributed by atoms with Crippen LogP contribution in [0.1, 0.15) is 20.3 Å². The molecule has 0 saturated carbocycles. The summed E-state index contributed by atoms with van der Waals surface area (Å²) in [5, 5.41) is 2.49. The quantitative estimate of drug-likeness (QED) is 0.547. The van der Waals surface area contributed by atoms with E-state index in [2.05, 4.69) is 10.0 Å². The van der Waals surface area contributed by atoms with Crippen molar-refractivity contribution < 1.29 is 30.8 Å². The third kappa shape index (κ3) is 6.08. The summed E-state index contributed by atoms with van der Waals surface area (Å²) < 4.78 is 65.7. The molecule has 2 rings (SSSR count). The number of amides is 2. The normalized spacial score (nSPS) is 12.8. The van der Waals surface area contributed by atoms with Crippen LogP contribution in [-0.2, 0) is 29.6 Å². The topological polar surface area (TPSA) is 139 Å². The molecule has 0 heterocycles. The van der Waals surface area contributed by atoms with Gasteiger partial charge in [-0.25, -0.2) is 25.9 Å². The second-order valence-corrected chi connectivity index (χ2v) is 9.61. The molecule has 0 spiro atoms. The number of carbonyl (C=O) groups is 2. The summed E-state index contributed by atoms with van der Waals surface area (Å²) in [6, 6.07) is 7.99. The molecule has 0 radical (unpaired) electrons. The predicted octanol–water partition coefficient (Wildman–Crippen LogP) is 1.35. The smallest absolute Gasteiger partial charge is 0.264 e. The van der Waals surface area contributed by atoms with Gasteiger partial charge in [-0.15, -0.1) is 0 Å². The first-order chi connectivity index (χ1) is 13.9. The van der Waals surface area contributed by atoms with Crippen LogP contribution >= 0.6 is 0 Å². The summed E-state index contributed by atoms with van der Waals surface area (Å²) in [4.78, 5) is 23.1. The van der Waals surface area contributed by atoms with Crippen molar-refractivity contribution in [1.29, 1.82) is 0 Å². The first kappa shape index (κ1) is 23.4. The minimum atomic E-state index is -4.06. The highest BCUT2D eigenvalue weighted by Gasteiger charge is 2.24. The second-order valence-electron chi connectivity index (χ2n) is 6.21. The number of anilines is 1. The van der Waals surface area contributed by atoms with Gasteiger partial charge < -0.3 is 5.32 Å². The third-order valence-corrected chi connectivity index (χ3v) is 6.79. The number of sulfonamides is 2. The molecule has 1 atom stereocenters. The lowest BCUT2D eigenvalue weighted by Gasteiger charge is -2.17. The Bertz CT molecular complexity index is 1130. The van der Waals surface area contributed by atoms with E-state index in [1.165, 1.54) is 24.3 Å². The van der Waals surface area contributed by atoms with E-state index in [9.17, 15) is 30.8 Å². The van der Waals surface area contributed by atoms with Crippen LogP contribution < -0.4 is 14.8 Å². The van der Waals surface area contributed by atoms with Gasteiger partial charge in [0.1, 0.15) is 11.9 Å². The molecule has 162 valence electrons. The van der Waals surface area contributed by atoms with Crippen molar-refractivity contribution in [2.24, 2.45) is 0 Å². The van der Waals surface area contributed by atoms with Gasteiger partial charge in [0, 0.05) is 12.6 Å². The molecule has 0 aromatic heterocycles. The number of halogens is 1. The van der Waals surface area contributed by atoms with E-state index in [1.54, 1.807) is 6.92 Å². The lowest BCUT2D eigenvalue weighted by atomic mass is 10.2. The summed E-state index contributed by atoms with van der Waals surface area (Å²) in [5.74, 6) is -2.00. The summed E-state index contributed by atoms with van der Waals surface area (Å²) in [6.45, 7) is 2.66. The summed E-state index contributed by atoms with van der Waals surface area (Å²) >= 11 is 0. The molecule has 2 aromatic rings. The number of benzene rings is 2. The average Bonchev–Trinajstić information content (AvgIpc) is 2.66. The maximum Gasteiger partial charge on any atom is 0.264 e. The van der Waals surface area contributed by atoms with Crippen LogP contribution in [0.5, 0.6) is 0 Å². The van der Waals surface area contributed by atoms with Crippen molar-refractivity contribution in [3.8, 4) is 0 Å². The van der Waals surface area contributed by atoms with Crippen molar-refractivity contribution in [1.82, 2.24) is 9.44 Å². The highest BCUT2D eigenvalue weighted by Crippen LogP contribution is 2.16. The van der Waals surface area contributed by atoms with Gasteiger partial charge in [0.15, 0.2) is 0 Å². The molecular weight excluding hydrogens is 437 g/mol. The molecule has 9 nitrogen and oxygen atoms in total. The minimum Gasteiger partial charge on any atom is -0.325 e. The highest BCUT2D eigenvalue weighted by atomic mass is 32.2. The molecule has 12 heteroatoms. The maximum atomic E-state index is 13.0. The number of hydrogen-bond donors (Lipinski definition) is 3. The van der Waals surface area contributed by atoms with Crippen LogP contribution in [0.4, 0.5) is 10.1 Å². The van der Waals surface area contributed by atoms with E-state index >= 15 is 0 Å². The Kier molecular flexibility index (Phi) is 7.29. The number of hydrogen-bond acceptors (Lipinski definition) is 6. The Morgan fingerprint density at radius 3 is 1.90 bits per heavy atom. The fraction of sp³-hybridized carbons (Fsp3) is 0.222. The Hall–Kier alpha value is -2.83. The van der Waals surface area contributed by atoms with E-state index in [1.807, 2.05) is 4.72 Å². The molecule has 0 aliphatic rings. The van der Waals surface area contributed by atoms with Crippen LogP contribution in [0.3, 0.4) is 0 Å². The van der Waals surface area contributed by atoms with Crippen molar-refractivity contribution in [2.45, 2.75) is 36.1 Å². The monoisotopic (exact) mass is 457 g/mol. The van der Waals surface area contributed by atoms with Crippen molar-refractivity contribution in [3.63, 3.8) is 0 Å². The summed E-state index contributed by atoms with van der Waals surface area (Å²) in [7, 11) is -8.07. The first-order valence-corrected chi connectivity index (χ1v) is 11.6. The zero-order valence-corrected chi connectivity index (χ0v) is 17.7. The van der Waals surface area contributed by atoms with Gasteiger partial charge in [-0.3, -0.25) is 9.59 Å². The van der Waals surface area contributed by atoms with Crippen LogP contribution in [-0.4, -0.2) is 34.7 Å². The van der Waals surface area contributed by atoms with Crippen LogP contribution in [0.15, 0.2) is 58.3 Å². The van der Waals surface area contributed by atoms with Gasteiger partial charge in [0.25, 0.3) is 10.0 Å². The Morgan fingerprint density at radius 1 is 0.900 bits per heavy atom. The molecular formula is C18H20FN3O6S2. The zero-order valence-electron chi connectivity index (χ0n) is 16.0. The summed E-state index contributed by atoms with van der Waals surface area (Å²) in [6.07, 6.45) is 0.126. The van der Waals surface area contributed by atoms with Crippen molar-refractivity contribution in [2.75, 3.05) is 5.32 Å². The highest BCUT2D eigenvalue weighted by molar-refractivity contribution is 7.90. The van der Waals surface area contributed by atoms with Gasteiger partial charge in [0.2, 0.25) is 21.8 Å². The van der Waals surface area contributed by atoms with E-state index in [-0.39, 0.29) is 21.9 Å².